The lowest BCUT2D eigenvalue weighted by molar-refractivity contribution is 0.270. The molecule has 0 heterocycles. The first kappa shape index (κ1) is 13.9. The average molecular weight is 272 g/mol. The van der Waals surface area contributed by atoms with Crippen molar-refractivity contribution < 1.29 is 9.09 Å². The van der Waals surface area contributed by atoms with E-state index in [1.165, 1.54) is 5.56 Å². The molecule has 2 aromatic carbocycles. The molecule has 19 heavy (non-hydrogen) atoms. The van der Waals surface area contributed by atoms with Crippen LogP contribution in [0, 0.1) is 20.8 Å². The molecule has 0 aliphatic heterocycles. The predicted molar refractivity (Wildman–Crippen MR) is 77.6 cm³/mol. The van der Waals surface area contributed by atoms with Crippen molar-refractivity contribution in [2.45, 2.75) is 26.9 Å². The maximum absolute atomic E-state index is 10.9. The van der Waals surface area contributed by atoms with Gasteiger partial charge in [-0.15, -0.1) is 0 Å². The first-order chi connectivity index (χ1) is 9.13. The predicted octanol–water partition coefficient (Wildman–Crippen LogP) is 4.92. The second-order valence-electron chi connectivity index (χ2n) is 4.78. The Morgan fingerprint density at radius 3 is 2.11 bits per heavy atom. The minimum atomic E-state index is -0.300. The molecule has 1 unspecified atom stereocenters. The third-order valence-electron chi connectivity index (χ3n) is 3.25. The van der Waals surface area contributed by atoms with Crippen molar-refractivity contribution in [2.75, 3.05) is 0 Å². The Hall–Kier alpha value is -1.50. The Balaban J connectivity index is 2.54. The van der Waals surface area contributed by atoms with Gasteiger partial charge in [0.15, 0.2) is 0 Å². The minimum absolute atomic E-state index is 0.291. The van der Waals surface area contributed by atoms with E-state index in [4.69, 9.17) is 4.52 Å². The van der Waals surface area contributed by atoms with Gasteiger partial charge in [0.1, 0.15) is 6.10 Å². The molecule has 1 atom stereocenters. The molecule has 2 nitrogen and oxygen atoms in total. The van der Waals surface area contributed by atoms with Crippen molar-refractivity contribution in [3.63, 3.8) is 0 Å². The number of aryl methyl sites for hydroxylation is 3. The van der Waals surface area contributed by atoms with Crippen LogP contribution in [0.15, 0.2) is 42.5 Å². The van der Waals surface area contributed by atoms with Crippen LogP contribution in [-0.4, -0.2) is 0 Å². The molecule has 2 rings (SSSR count). The normalized spacial score (nSPS) is 12.6. The zero-order valence-corrected chi connectivity index (χ0v) is 12.3. The van der Waals surface area contributed by atoms with E-state index in [0.29, 0.717) is 0 Å². The largest absolute Gasteiger partial charge is 0.328 e. The van der Waals surface area contributed by atoms with Crippen LogP contribution in [0.25, 0.3) is 0 Å². The van der Waals surface area contributed by atoms with E-state index in [1.807, 2.05) is 30.3 Å². The molecule has 0 saturated heterocycles. The molecule has 0 saturated carbocycles. The second kappa shape index (κ2) is 6.10. The molecule has 0 bridgehead atoms. The van der Waals surface area contributed by atoms with Gasteiger partial charge in [0.25, 0.3) is 0 Å². The van der Waals surface area contributed by atoms with E-state index in [0.717, 1.165) is 22.3 Å². The highest BCUT2D eigenvalue weighted by molar-refractivity contribution is 7.17. The third-order valence-corrected chi connectivity index (χ3v) is 3.55. The van der Waals surface area contributed by atoms with Gasteiger partial charge in [-0.1, -0.05) is 48.0 Å². The van der Waals surface area contributed by atoms with Crippen molar-refractivity contribution in [3.05, 3.63) is 70.3 Å². The summed E-state index contributed by atoms with van der Waals surface area (Å²) >= 11 is 0. The zero-order valence-electron chi connectivity index (χ0n) is 11.4. The average Bonchev–Trinajstić information content (AvgIpc) is 2.37. The van der Waals surface area contributed by atoms with E-state index < -0.39 is 0 Å². The number of hydrogen-bond donors (Lipinski definition) is 0. The van der Waals surface area contributed by atoms with Gasteiger partial charge in [0, 0.05) is 0 Å². The van der Waals surface area contributed by atoms with Crippen LogP contribution in [0.2, 0.25) is 0 Å². The fourth-order valence-corrected chi connectivity index (χ4v) is 2.87. The molecule has 0 aliphatic rings. The first-order valence-electron chi connectivity index (χ1n) is 6.24. The summed E-state index contributed by atoms with van der Waals surface area (Å²) in [7, 11) is -0.300. The smallest absolute Gasteiger partial charge is 0.281 e. The van der Waals surface area contributed by atoms with Gasteiger partial charge in [-0.2, -0.15) is 0 Å². The van der Waals surface area contributed by atoms with E-state index in [9.17, 15) is 4.57 Å². The van der Waals surface area contributed by atoms with Crippen LogP contribution in [0.3, 0.4) is 0 Å². The summed E-state index contributed by atoms with van der Waals surface area (Å²) in [5.41, 5.74) is 5.66. The second-order valence-corrected chi connectivity index (χ2v) is 5.14. The SMILES string of the molecule is Cc1cc(C)c(C(OP=O)c2ccccc2)c(C)c1. The molecule has 0 spiro atoms. The fraction of sp³-hybridized carbons (Fsp3) is 0.250. The number of hydrogen-bond acceptors (Lipinski definition) is 2. The summed E-state index contributed by atoms with van der Waals surface area (Å²) in [6.45, 7) is 6.21. The highest BCUT2D eigenvalue weighted by atomic mass is 31.1. The van der Waals surface area contributed by atoms with Gasteiger partial charge in [-0.25, -0.2) is 4.57 Å². The molecule has 0 aromatic heterocycles. The molecule has 98 valence electrons. The van der Waals surface area contributed by atoms with Crippen molar-refractivity contribution in [1.29, 1.82) is 0 Å². The van der Waals surface area contributed by atoms with E-state index in [2.05, 4.69) is 32.9 Å². The quantitative estimate of drug-likeness (QED) is 0.738. The molecule has 0 N–H and O–H groups in total. The van der Waals surface area contributed by atoms with E-state index >= 15 is 0 Å². The van der Waals surface area contributed by atoms with E-state index in [-0.39, 0.29) is 14.8 Å². The minimum Gasteiger partial charge on any atom is -0.281 e. The third kappa shape index (κ3) is 3.09. The molecule has 0 fully saturated rings. The molecule has 3 heteroatoms. The van der Waals surface area contributed by atoms with Crippen molar-refractivity contribution in [2.24, 2.45) is 0 Å². The summed E-state index contributed by atoms with van der Waals surface area (Å²) in [5, 5.41) is 0. The lowest BCUT2D eigenvalue weighted by atomic mass is 9.92. The van der Waals surface area contributed by atoms with Crippen LogP contribution in [-0.2, 0) is 9.09 Å². The van der Waals surface area contributed by atoms with E-state index in [1.54, 1.807) is 0 Å². The summed E-state index contributed by atoms with van der Waals surface area (Å²) in [6.07, 6.45) is -0.291. The highest BCUT2D eigenvalue weighted by Gasteiger charge is 2.19. The Bertz CT molecular complexity index is 556. The number of rotatable bonds is 4. The summed E-state index contributed by atoms with van der Waals surface area (Å²) < 4.78 is 16.4. The Morgan fingerprint density at radius 1 is 1.00 bits per heavy atom. The standard InChI is InChI=1S/C16H17O2P/c1-11-9-12(2)15(13(3)10-11)16(18-19-17)14-7-5-4-6-8-14/h4-10,16H,1-3H3. The summed E-state index contributed by atoms with van der Waals surface area (Å²) in [6, 6.07) is 14.1. The topological polar surface area (TPSA) is 26.3 Å². The molecular weight excluding hydrogens is 255 g/mol. The molecule has 2 aromatic rings. The molecule has 0 radical (unpaired) electrons. The lowest BCUT2D eigenvalue weighted by Crippen LogP contribution is -2.06. The van der Waals surface area contributed by atoms with Gasteiger partial charge in [-0.3, -0.25) is 4.52 Å². The maximum atomic E-state index is 10.9. The molecular formula is C16H17O2P. The van der Waals surface area contributed by atoms with Crippen LogP contribution < -0.4 is 0 Å². The van der Waals surface area contributed by atoms with Crippen molar-refractivity contribution in [3.8, 4) is 0 Å². The molecule has 0 amide bonds. The Kier molecular flexibility index (Phi) is 4.47. The van der Waals surface area contributed by atoms with Crippen molar-refractivity contribution >= 4 is 8.69 Å². The van der Waals surface area contributed by atoms with Gasteiger partial charge >= 0.3 is 8.69 Å². The lowest BCUT2D eigenvalue weighted by Gasteiger charge is -2.20. The number of benzene rings is 2. The van der Waals surface area contributed by atoms with Crippen molar-refractivity contribution in [1.82, 2.24) is 0 Å². The van der Waals surface area contributed by atoms with Crippen LogP contribution in [0.4, 0.5) is 0 Å². The summed E-state index contributed by atoms with van der Waals surface area (Å²) in [4.78, 5) is 0. The maximum Gasteiger partial charge on any atom is 0.328 e. The first-order valence-corrected chi connectivity index (χ1v) is 6.97. The monoisotopic (exact) mass is 272 g/mol. The van der Waals surface area contributed by atoms with Gasteiger partial charge in [-0.05, 0) is 43.0 Å². The van der Waals surface area contributed by atoms with Crippen LogP contribution in [0.5, 0.6) is 0 Å². The van der Waals surface area contributed by atoms with Gasteiger partial charge in [0.05, 0.1) is 0 Å². The van der Waals surface area contributed by atoms with Gasteiger partial charge < -0.3 is 0 Å². The Morgan fingerprint density at radius 2 is 1.58 bits per heavy atom. The van der Waals surface area contributed by atoms with Crippen LogP contribution >= 0.6 is 8.69 Å². The fourth-order valence-electron chi connectivity index (χ4n) is 2.56. The molecule has 0 aliphatic carbocycles. The summed E-state index contributed by atoms with van der Waals surface area (Å²) in [5.74, 6) is 0. The zero-order chi connectivity index (χ0) is 13.8. The van der Waals surface area contributed by atoms with Crippen LogP contribution in [0.1, 0.15) is 33.9 Å². The van der Waals surface area contributed by atoms with Gasteiger partial charge in [0.2, 0.25) is 0 Å². The highest BCUT2D eigenvalue weighted by Crippen LogP contribution is 2.34. The Labute approximate surface area is 115 Å².